The molecule has 106 valence electrons. The second-order valence-corrected chi connectivity index (χ2v) is 5.86. The van der Waals surface area contributed by atoms with E-state index in [1.807, 2.05) is 20.8 Å². The standard InChI is InChI=1S/C13H20N2O4/c1-7(2)10(12(17)18)14-11(16)8-6-9(19-15-8)13(3,4)5/h6-7,10H,1-5H3,(H,14,16)(H,17,18)/t10-/m1/s1. The van der Waals surface area contributed by atoms with Gasteiger partial charge in [-0.1, -0.05) is 39.8 Å². The Kier molecular flexibility index (Phi) is 4.34. The minimum absolute atomic E-state index is 0.0943. The van der Waals surface area contributed by atoms with E-state index < -0.39 is 17.9 Å². The van der Waals surface area contributed by atoms with Crippen LogP contribution >= 0.6 is 0 Å². The molecule has 1 aromatic heterocycles. The number of aromatic nitrogens is 1. The van der Waals surface area contributed by atoms with Crippen molar-refractivity contribution in [1.82, 2.24) is 10.5 Å². The Hall–Kier alpha value is -1.85. The summed E-state index contributed by atoms with van der Waals surface area (Å²) in [6.45, 7) is 9.25. The molecule has 0 unspecified atom stereocenters. The monoisotopic (exact) mass is 268 g/mol. The number of carbonyl (C=O) groups excluding carboxylic acids is 1. The van der Waals surface area contributed by atoms with Gasteiger partial charge in [0.2, 0.25) is 0 Å². The summed E-state index contributed by atoms with van der Waals surface area (Å²) in [4.78, 5) is 22.9. The third-order valence-corrected chi connectivity index (χ3v) is 2.70. The van der Waals surface area contributed by atoms with Crippen LogP contribution in [0.15, 0.2) is 10.6 Å². The molecule has 1 rings (SSSR count). The average Bonchev–Trinajstić information content (AvgIpc) is 2.73. The van der Waals surface area contributed by atoms with Gasteiger partial charge in [0, 0.05) is 11.5 Å². The number of nitrogens with zero attached hydrogens (tertiary/aromatic N) is 1. The summed E-state index contributed by atoms with van der Waals surface area (Å²) in [7, 11) is 0. The van der Waals surface area contributed by atoms with E-state index in [1.54, 1.807) is 13.8 Å². The topological polar surface area (TPSA) is 92.4 Å². The molecular weight excluding hydrogens is 248 g/mol. The first kappa shape index (κ1) is 15.2. The van der Waals surface area contributed by atoms with E-state index in [0.29, 0.717) is 5.76 Å². The van der Waals surface area contributed by atoms with Gasteiger partial charge in [-0.05, 0) is 5.92 Å². The van der Waals surface area contributed by atoms with Gasteiger partial charge in [-0.3, -0.25) is 4.79 Å². The Labute approximate surface area is 112 Å². The quantitative estimate of drug-likeness (QED) is 0.868. The molecule has 0 aliphatic rings. The number of carboxylic acid groups (broad SMARTS) is 1. The second-order valence-electron chi connectivity index (χ2n) is 5.86. The van der Waals surface area contributed by atoms with Crippen molar-refractivity contribution in [2.24, 2.45) is 5.92 Å². The number of aliphatic carboxylic acids is 1. The molecule has 0 fully saturated rings. The zero-order valence-corrected chi connectivity index (χ0v) is 11.9. The van der Waals surface area contributed by atoms with Crippen molar-refractivity contribution in [1.29, 1.82) is 0 Å². The highest BCUT2D eigenvalue weighted by atomic mass is 16.5. The van der Waals surface area contributed by atoms with Crippen molar-refractivity contribution in [3.8, 4) is 0 Å². The number of carboxylic acids is 1. The van der Waals surface area contributed by atoms with Gasteiger partial charge < -0.3 is 14.9 Å². The highest BCUT2D eigenvalue weighted by Gasteiger charge is 2.27. The van der Waals surface area contributed by atoms with E-state index in [1.165, 1.54) is 6.07 Å². The molecule has 0 saturated heterocycles. The fraction of sp³-hybridized carbons (Fsp3) is 0.615. The van der Waals surface area contributed by atoms with Gasteiger partial charge in [0.05, 0.1) is 0 Å². The van der Waals surface area contributed by atoms with E-state index in [-0.39, 0.29) is 17.0 Å². The van der Waals surface area contributed by atoms with Gasteiger partial charge in [0.15, 0.2) is 5.69 Å². The molecular formula is C13H20N2O4. The zero-order chi connectivity index (χ0) is 14.8. The predicted molar refractivity (Wildman–Crippen MR) is 68.9 cm³/mol. The van der Waals surface area contributed by atoms with Gasteiger partial charge in [-0.25, -0.2) is 4.79 Å². The van der Waals surface area contributed by atoms with Gasteiger partial charge in [0.25, 0.3) is 5.91 Å². The Bertz CT molecular complexity index is 471. The van der Waals surface area contributed by atoms with Crippen molar-refractivity contribution >= 4 is 11.9 Å². The molecule has 6 nitrogen and oxygen atoms in total. The third-order valence-electron chi connectivity index (χ3n) is 2.70. The van der Waals surface area contributed by atoms with E-state index >= 15 is 0 Å². The van der Waals surface area contributed by atoms with Gasteiger partial charge in [0.1, 0.15) is 11.8 Å². The van der Waals surface area contributed by atoms with Crippen molar-refractivity contribution in [2.75, 3.05) is 0 Å². The van der Waals surface area contributed by atoms with Crippen molar-refractivity contribution in [3.05, 3.63) is 17.5 Å². The maximum Gasteiger partial charge on any atom is 0.326 e. The summed E-state index contributed by atoms with van der Waals surface area (Å²) in [5.74, 6) is -1.24. The van der Waals surface area contributed by atoms with Gasteiger partial charge in [-0.15, -0.1) is 0 Å². The predicted octanol–water partition coefficient (Wildman–Crippen LogP) is 1.81. The van der Waals surface area contributed by atoms with E-state index in [2.05, 4.69) is 10.5 Å². The van der Waals surface area contributed by atoms with Crippen LogP contribution < -0.4 is 5.32 Å². The highest BCUT2D eigenvalue weighted by Crippen LogP contribution is 2.22. The molecule has 1 amide bonds. The molecule has 0 aliphatic carbocycles. The summed E-state index contributed by atoms with van der Waals surface area (Å²) < 4.78 is 5.09. The fourth-order valence-corrected chi connectivity index (χ4v) is 1.46. The van der Waals surface area contributed by atoms with Crippen molar-refractivity contribution < 1.29 is 19.2 Å². The molecule has 2 N–H and O–H groups in total. The number of hydrogen-bond acceptors (Lipinski definition) is 4. The maximum absolute atomic E-state index is 11.9. The summed E-state index contributed by atoms with van der Waals surface area (Å²) in [6.07, 6.45) is 0. The molecule has 0 saturated carbocycles. The molecule has 0 spiro atoms. The first-order valence-electron chi connectivity index (χ1n) is 6.13. The molecule has 19 heavy (non-hydrogen) atoms. The Morgan fingerprint density at radius 2 is 1.95 bits per heavy atom. The molecule has 0 aliphatic heterocycles. The van der Waals surface area contributed by atoms with Crippen LogP contribution in [-0.2, 0) is 10.2 Å². The van der Waals surface area contributed by atoms with Gasteiger partial charge in [-0.2, -0.15) is 0 Å². The van der Waals surface area contributed by atoms with E-state index in [0.717, 1.165) is 0 Å². The van der Waals surface area contributed by atoms with Crippen LogP contribution in [0.1, 0.15) is 50.9 Å². The summed E-state index contributed by atoms with van der Waals surface area (Å²) in [6, 6.07) is 0.594. The fourth-order valence-electron chi connectivity index (χ4n) is 1.46. The summed E-state index contributed by atoms with van der Waals surface area (Å²) in [5.41, 5.74) is -0.160. The van der Waals surface area contributed by atoms with Crippen LogP contribution in [0.5, 0.6) is 0 Å². The lowest BCUT2D eigenvalue weighted by molar-refractivity contribution is -0.140. The second kappa shape index (κ2) is 5.42. The van der Waals surface area contributed by atoms with E-state index in [9.17, 15) is 9.59 Å². The van der Waals surface area contributed by atoms with Crippen LogP contribution in [0.3, 0.4) is 0 Å². The number of hydrogen-bond donors (Lipinski definition) is 2. The van der Waals surface area contributed by atoms with Crippen LogP contribution in [0, 0.1) is 5.92 Å². The zero-order valence-electron chi connectivity index (χ0n) is 11.9. The molecule has 0 aromatic carbocycles. The van der Waals surface area contributed by atoms with Crippen LogP contribution in [-0.4, -0.2) is 28.2 Å². The molecule has 1 heterocycles. The lowest BCUT2D eigenvalue weighted by Gasteiger charge is -2.16. The smallest absolute Gasteiger partial charge is 0.326 e. The van der Waals surface area contributed by atoms with Crippen LogP contribution in [0.4, 0.5) is 0 Å². The van der Waals surface area contributed by atoms with Crippen LogP contribution in [0.25, 0.3) is 0 Å². The normalized spacial score (nSPS) is 13.4. The lowest BCUT2D eigenvalue weighted by atomic mass is 9.93. The minimum Gasteiger partial charge on any atom is -0.480 e. The Morgan fingerprint density at radius 3 is 2.32 bits per heavy atom. The first-order valence-corrected chi connectivity index (χ1v) is 6.13. The molecule has 1 aromatic rings. The maximum atomic E-state index is 11.9. The van der Waals surface area contributed by atoms with Gasteiger partial charge >= 0.3 is 5.97 Å². The summed E-state index contributed by atoms with van der Waals surface area (Å²) >= 11 is 0. The number of carbonyl (C=O) groups is 2. The molecule has 0 bridgehead atoms. The highest BCUT2D eigenvalue weighted by molar-refractivity contribution is 5.95. The number of nitrogens with one attached hydrogen (secondary N) is 1. The molecule has 0 radical (unpaired) electrons. The molecule has 6 heteroatoms. The van der Waals surface area contributed by atoms with E-state index in [4.69, 9.17) is 9.63 Å². The van der Waals surface area contributed by atoms with Crippen molar-refractivity contribution in [2.45, 2.75) is 46.1 Å². The largest absolute Gasteiger partial charge is 0.480 e. The Morgan fingerprint density at radius 1 is 1.37 bits per heavy atom. The number of amides is 1. The third kappa shape index (κ3) is 3.81. The minimum atomic E-state index is -1.07. The SMILES string of the molecule is CC(C)[C@@H](NC(=O)c1cc(C(C)(C)C)on1)C(=O)O. The first-order chi connectivity index (χ1) is 8.62. The summed E-state index contributed by atoms with van der Waals surface area (Å²) in [5, 5.41) is 15.1. The Balaban J connectivity index is 2.84. The van der Waals surface area contributed by atoms with Crippen molar-refractivity contribution in [3.63, 3.8) is 0 Å². The average molecular weight is 268 g/mol. The number of rotatable bonds is 4. The lowest BCUT2D eigenvalue weighted by Crippen LogP contribution is -2.44. The molecule has 1 atom stereocenters. The van der Waals surface area contributed by atoms with Crippen LogP contribution in [0.2, 0.25) is 0 Å².